The van der Waals surface area contributed by atoms with Crippen LogP contribution in [0.4, 0.5) is 8.78 Å². The molecule has 1 aliphatic carbocycles. The quantitative estimate of drug-likeness (QED) is 0.636. The van der Waals surface area contributed by atoms with E-state index in [1.54, 1.807) is 0 Å². The number of halogens is 3. The molecule has 0 aromatic heterocycles. The number of ether oxygens (including phenoxy) is 1. The zero-order valence-electron chi connectivity index (χ0n) is 9.53. The van der Waals surface area contributed by atoms with Crippen LogP contribution in [0.3, 0.4) is 0 Å². The molecule has 1 saturated carbocycles. The van der Waals surface area contributed by atoms with E-state index in [2.05, 4.69) is 0 Å². The lowest BCUT2D eigenvalue weighted by Gasteiger charge is -2.25. The molecular formula is C11H9ClF2O4S. The molecule has 0 heterocycles. The van der Waals surface area contributed by atoms with Crippen molar-refractivity contribution in [3.05, 3.63) is 29.3 Å². The maximum Gasteiger partial charge on any atom is 0.344 e. The predicted molar refractivity (Wildman–Crippen MR) is 62.5 cm³/mol. The number of esters is 1. The first-order valence-electron chi connectivity index (χ1n) is 5.44. The van der Waals surface area contributed by atoms with Crippen LogP contribution in [0.25, 0.3) is 0 Å². The molecule has 1 aromatic carbocycles. The Hall–Kier alpha value is -1.21. The van der Waals surface area contributed by atoms with E-state index in [0.29, 0.717) is 25.0 Å². The standard InChI is InChI=1S/C11H9ClF2O4S/c12-19(16,17)8-5-4-7(13)9(10(8)14)11(15)18-6-2-1-3-6/h4-6H,1-3H2. The number of hydrogen-bond acceptors (Lipinski definition) is 4. The van der Waals surface area contributed by atoms with Gasteiger partial charge in [-0.1, -0.05) is 0 Å². The van der Waals surface area contributed by atoms with Crippen molar-refractivity contribution in [2.75, 3.05) is 0 Å². The summed E-state index contributed by atoms with van der Waals surface area (Å²) in [5, 5.41) is 0. The molecule has 0 bridgehead atoms. The molecular weight excluding hydrogens is 302 g/mol. The topological polar surface area (TPSA) is 60.4 Å². The first-order chi connectivity index (χ1) is 8.80. The Kier molecular flexibility index (Phi) is 3.78. The van der Waals surface area contributed by atoms with Crippen LogP contribution >= 0.6 is 10.7 Å². The molecule has 1 aromatic rings. The molecule has 1 aliphatic rings. The summed E-state index contributed by atoms with van der Waals surface area (Å²) < 4.78 is 54.3. The van der Waals surface area contributed by atoms with Gasteiger partial charge in [-0.05, 0) is 31.4 Å². The van der Waals surface area contributed by atoms with Gasteiger partial charge >= 0.3 is 5.97 Å². The van der Waals surface area contributed by atoms with Crippen LogP contribution in [0.1, 0.15) is 29.6 Å². The van der Waals surface area contributed by atoms with Gasteiger partial charge in [0.15, 0.2) is 5.82 Å². The third-order valence-corrected chi connectivity index (χ3v) is 4.19. The van der Waals surface area contributed by atoms with E-state index in [0.717, 1.165) is 6.42 Å². The van der Waals surface area contributed by atoms with E-state index in [4.69, 9.17) is 15.4 Å². The van der Waals surface area contributed by atoms with Crippen molar-refractivity contribution < 1.29 is 26.7 Å². The predicted octanol–water partition coefficient (Wildman–Crippen LogP) is 2.60. The zero-order chi connectivity index (χ0) is 14.2. The molecule has 0 N–H and O–H groups in total. The van der Waals surface area contributed by atoms with Gasteiger partial charge in [0.2, 0.25) is 0 Å². The Bertz CT molecular complexity index is 626. The molecule has 0 aliphatic heterocycles. The number of hydrogen-bond donors (Lipinski definition) is 0. The van der Waals surface area contributed by atoms with Crippen LogP contribution in [0.15, 0.2) is 17.0 Å². The highest BCUT2D eigenvalue weighted by atomic mass is 35.7. The molecule has 19 heavy (non-hydrogen) atoms. The Morgan fingerprint density at radius 1 is 1.32 bits per heavy atom. The van der Waals surface area contributed by atoms with Gasteiger partial charge in [-0.25, -0.2) is 22.0 Å². The Morgan fingerprint density at radius 2 is 1.95 bits per heavy atom. The second-order valence-electron chi connectivity index (χ2n) is 4.13. The second kappa shape index (κ2) is 5.05. The number of rotatable bonds is 3. The minimum absolute atomic E-state index is 0.373. The monoisotopic (exact) mass is 310 g/mol. The zero-order valence-corrected chi connectivity index (χ0v) is 11.1. The van der Waals surface area contributed by atoms with Gasteiger partial charge in [-0.3, -0.25) is 0 Å². The summed E-state index contributed by atoms with van der Waals surface area (Å²) in [5.74, 6) is -3.94. The second-order valence-corrected chi connectivity index (χ2v) is 6.66. The fourth-order valence-corrected chi connectivity index (χ4v) is 2.51. The van der Waals surface area contributed by atoms with Gasteiger partial charge in [0, 0.05) is 10.7 Å². The highest BCUT2D eigenvalue weighted by Crippen LogP contribution is 2.27. The van der Waals surface area contributed by atoms with E-state index in [1.165, 1.54) is 0 Å². The summed E-state index contributed by atoms with van der Waals surface area (Å²) in [6, 6.07) is 1.32. The van der Waals surface area contributed by atoms with Crippen LogP contribution < -0.4 is 0 Å². The van der Waals surface area contributed by atoms with E-state index >= 15 is 0 Å². The lowest BCUT2D eigenvalue weighted by molar-refractivity contribution is 0.00797. The van der Waals surface area contributed by atoms with Crippen LogP contribution in [-0.2, 0) is 13.8 Å². The van der Waals surface area contributed by atoms with Crippen LogP contribution in [-0.4, -0.2) is 20.5 Å². The number of benzene rings is 1. The van der Waals surface area contributed by atoms with E-state index in [1.807, 2.05) is 0 Å². The van der Waals surface area contributed by atoms with Gasteiger partial charge < -0.3 is 4.74 Å². The Balaban J connectivity index is 2.41. The third-order valence-electron chi connectivity index (χ3n) is 2.85. The van der Waals surface area contributed by atoms with Crippen molar-refractivity contribution in [3.8, 4) is 0 Å². The summed E-state index contributed by atoms with van der Waals surface area (Å²) in [7, 11) is 0.591. The molecule has 0 spiro atoms. The average Bonchev–Trinajstić information content (AvgIpc) is 2.21. The van der Waals surface area contributed by atoms with Gasteiger partial charge in [0.05, 0.1) is 0 Å². The average molecular weight is 311 g/mol. The van der Waals surface area contributed by atoms with Gasteiger partial charge in [0.25, 0.3) is 9.05 Å². The first kappa shape index (κ1) is 14.2. The summed E-state index contributed by atoms with van der Waals surface area (Å²) >= 11 is 0. The van der Waals surface area contributed by atoms with Crippen molar-refractivity contribution in [1.29, 1.82) is 0 Å². The van der Waals surface area contributed by atoms with Crippen LogP contribution in [0.2, 0.25) is 0 Å². The molecule has 8 heteroatoms. The van der Waals surface area contributed by atoms with Gasteiger partial charge in [-0.2, -0.15) is 0 Å². The first-order valence-corrected chi connectivity index (χ1v) is 7.75. The fourth-order valence-electron chi connectivity index (χ4n) is 1.61. The maximum atomic E-state index is 13.8. The third kappa shape index (κ3) is 2.87. The smallest absolute Gasteiger partial charge is 0.344 e. The van der Waals surface area contributed by atoms with Gasteiger partial charge in [-0.15, -0.1) is 0 Å². The molecule has 0 radical (unpaired) electrons. The maximum absolute atomic E-state index is 13.8. The van der Waals surface area contributed by atoms with Crippen molar-refractivity contribution in [2.24, 2.45) is 0 Å². The SMILES string of the molecule is O=C(OC1CCC1)c1c(F)ccc(S(=O)(=O)Cl)c1F. The molecule has 0 amide bonds. The molecule has 0 unspecified atom stereocenters. The lowest BCUT2D eigenvalue weighted by Crippen LogP contribution is -2.26. The minimum Gasteiger partial charge on any atom is -0.459 e. The Labute approximate surface area is 112 Å². The number of carbonyl (C=O) groups is 1. The van der Waals surface area contributed by atoms with Crippen molar-refractivity contribution in [3.63, 3.8) is 0 Å². The van der Waals surface area contributed by atoms with E-state index < -0.39 is 37.1 Å². The highest BCUT2D eigenvalue weighted by molar-refractivity contribution is 8.13. The molecule has 0 atom stereocenters. The fraction of sp³-hybridized carbons (Fsp3) is 0.364. The summed E-state index contributed by atoms with van der Waals surface area (Å²) in [6.45, 7) is 0. The highest BCUT2D eigenvalue weighted by Gasteiger charge is 2.30. The molecule has 2 rings (SSSR count). The van der Waals surface area contributed by atoms with E-state index in [9.17, 15) is 22.0 Å². The summed E-state index contributed by atoms with van der Waals surface area (Å²) in [6.07, 6.45) is 1.76. The van der Waals surface area contributed by atoms with Crippen LogP contribution in [0, 0.1) is 11.6 Å². The van der Waals surface area contributed by atoms with Gasteiger partial charge in [0.1, 0.15) is 22.4 Å². The molecule has 1 fully saturated rings. The molecule has 104 valence electrons. The number of carbonyl (C=O) groups excluding carboxylic acids is 1. The molecule has 4 nitrogen and oxygen atoms in total. The largest absolute Gasteiger partial charge is 0.459 e. The van der Waals surface area contributed by atoms with Crippen LogP contribution in [0.5, 0.6) is 0 Å². The van der Waals surface area contributed by atoms with Crippen molar-refractivity contribution in [2.45, 2.75) is 30.3 Å². The minimum atomic E-state index is -4.40. The Morgan fingerprint density at radius 3 is 2.42 bits per heavy atom. The normalized spacial score (nSPS) is 15.9. The lowest BCUT2D eigenvalue weighted by atomic mass is 9.96. The molecule has 0 saturated heterocycles. The van der Waals surface area contributed by atoms with Crippen molar-refractivity contribution >= 4 is 25.7 Å². The van der Waals surface area contributed by atoms with Crippen molar-refractivity contribution in [1.82, 2.24) is 0 Å². The summed E-state index contributed by atoms with van der Waals surface area (Å²) in [4.78, 5) is 10.7. The van der Waals surface area contributed by atoms with E-state index in [-0.39, 0.29) is 6.10 Å². The summed E-state index contributed by atoms with van der Waals surface area (Å²) in [5.41, 5.74) is -1.03.